The highest BCUT2D eigenvalue weighted by Crippen LogP contribution is 2.17. The van der Waals surface area contributed by atoms with Gasteiger partial charge in [0.25, 0.3) is 5.91 Å². The van der Waals surface area contributed by atoms with E-state index >= 15 is 0 Å². The van der Waals surface area contributed by atoms with Gasteiger partial charge < -0.3 is 20.4 Å². The number of ether oxygens (including phenoxy) is 1. The summed E-state index contributed by atoms with van der Waals surface area (Å²) in [5.74, 6) is -0.0758. The highest BCUT2D eigenvalue weighted by molar-refractivity contribution is 5.94. The van der Waals surface area contributed by atoms with Gasteiger partial charge in [-0.2, -0.15) is 0 Å². The fraction of sp³-hybridized carbons (Fsp3) is 0.643. The Morgan fingerprint density at radius 1 is 1.68 bits per heavy atom. The number of carbonyl (C=O) groups is 1. The van der Waals surface area contributed by atoms with Crippen molar-refractivity contribution >= 4 is 11.6 Å². The fourth-order valence-electron chi connectivity index (χ4n) is 2.52. The van der Waals surface area contributed by atoms with Crippen molar-refractivity contribution in [3.8, 4) is 0 Å². The van der Waals surface area contributed by atoms with Gasteiger partial charge in [0.2, 0.25) is 0 Å². The number of amides is 1. The van der Waals surface area contributed by atoms with Crippen LogP contribution in [0.3, 0.4) is 0 Å². The average Bonchev–Trinajstić information content (AvgIpc) is 2.99. The molecule has 1 amide bonds. The van der Waals surface area contributed by atoms with Crippen molar-refractivity contribution in [1.29, 1.82) is 0 Å². The summed E-state index contributed by atoms with van der Waals surface area (Å²) in [4.78, 5) is 12.3. The molecule has 1 aromatic heterocycles. The summed E-state index contributed by atoms with van der Waals surface area (Å²) in [6.45, 7) is 5.66. The Balaban J connectivity index is 2.02. The van der Waals surface area contributed by atoms with Gasteiger partial charge in [-0.05, 0) is 32.3 Å². The number of aryl methyl sites for hydroxylation is 1. The van der Waals surface area contributed by atoms with Crippen LogP contribution in [0.4, 0.5) is 5.69 Å². The molecular formula is C14H23N3O2. The predicted octanol–water partition coefficient (Wildman–Crippen LogP) is 1.78. The second-order valence-corrected chi connectivity index (χ2v) is 5.17. The monoisotopic (exact) mass is 265 g/mol. The van der Waals surface area contributed by atoms with E-state index < -0.39 is 0 Å². The van der Waals surface area contributed by atoms with Crippen molar-refractivity contribution in [2.24, 2.45) is 0 Å². The van der Waals surface area contributed by atoms with E-state index in [-0.39, 0.29) is 18.1 Å². The van der Waals surface area contributed by atoms with Gasteiger partial charge in [-0.25, -0.2) is 0 Å². The molecule has 0 aromatic carbocycles. The molecule has 0 aliphatic carbocycles. The minimum atomic E-state index is -0.0758. The lowest BCUT2D eigenvalue weighted by molar-refractivity contribution is 0.0707. The quantitative estimate of drug-likeness (QED) is 0.852. The Labute approximate surface area is 114 Å². The summed E-state index contributed by atoms with van der Waals surface area (Å²) >= 11 is 0. The normalized spacial score (nSPS) is 20.4. The smallest absolute Gasteiger partial charge is 0.268 e. The number of aromatic nitrogens is 1. The van der Waals surface area contributed by atoms with E-state index in [1.54, 1.807) is 6.07 Å². The van der Waals surface area contributed by atoms with Gasteiger partial charge >= 0.3 is 0 Å². The third kappa shape index (κ3) is 3.29. The number of nitrogens with zero attached hydrogens (tertiary/aromatic N) is 1. The predicted molar refractivity (Wildman–Crippen MR) is 75.0 cm³/mol. The van der Waals surface area contributed by atoms with E-state index in [4.69, 9.17) is 10.5 Å². The van der Waals surface area contributed by atoms with Gasteiger partial charge in [-0.1, -0.05) is 6.92 Å². The van der Waals surface area contributed by atoms with E-state index in [0.717, 1.165) is 32.4 Å². The number of rotatable bonds is 5. The number of anilines is 1. The molecule has 2 atom stereocenters. The topological polar surface area (TPSA) is 69.3 Å². The van der Waals surface area contributed by atoms with E-state index in [1.807, 2.05) is 17.7 Å². The highest BCUT2D eigenvalue weighted by Gasteiger charge is 2.24. The second kappa shape index (κ2) is 6.10. The molecule has 2 unspecified atom stereocenters. The van der Waals surface area contributed by atoms with E-state index in [2.05, 4.69) is 12.2 Å². The molecule has 1 aliphatic rings. The zero-order chi connectivity index (χ0) is 13.8. The maximum absolute atomic E-state index is 12.3. The Bertz CT molecular complexity index is 436. The minimum absolute atomic E-state index is 0.0289. The Kier molecular flexibility index (Phi) is 4.47. The van der Waals surface area contributed by atoms with Crippen molar-refractivity contribution in [3.05, 3.63) is 18.0 Å². The van der Waals surface area contributed by atoms with Gasteiger partial charge in [0.15, 0.2) is 0 Å². The maximum Gasteiger partial charge on any atom is 0.268 e. The first-order valence-electron chi connectivity index (χ1n) is 7.00. The van der Waals surface area contributed by atoms with Gasteiger partial charge in [-0.15, -0.1) is 0 Å². The average molecular weight is 265 g/mol. The van der Waals surface area contributed by atoms with Crippen LogP contribution >= 0.6 is 0 Å². The van der Waals surface area contributed by atoms with Crippen LogP contribution in [0.5, 0.6) is 0 Å². The number of carbonyl (C=O) groups excluding carboxylic acids is 1. The maximum atomic E-state index is 12.3. The summed E-state index contributed by atoms with van der Waals surface area (Å²) in [7, 11) is 0. The van der Waals surface area contributed by atoms with Crippen molar-refractivity contribution in [2.45, 2.75) is 51.8 Å². The molecule has 19 heavy (non-hydrogen) atoms. The summed E-state index contributed by atoms with van der Waals surface area (Å²) in [6.07, 6.45) is 5.00. The van der Waals surface area contributed by atoms with Gasteiger partial charge in [-0.3, -0.25) is 4.79 Å². The molecule has 2 heterocycles. The van der Waals surface area contributed by atoms with Gasteiger partial charge in [0.1, 0.15) is 5.69 Å². The molecule has 0 spiro atoms. The molecule has 5 nitrogen and oxygen atoms in total. The van der Waals surface area contributed by atoms with Crippen LogP contribution in [0.15, 0.2) is 12.3 Å². The molecule has 1 saturated heterocycles. The minimum Gasteiger partial charge on any atom is -0.397 e. The molecule has 0 radical (unpaired) electrons. The van der Waals surface area contributed by atoms with Crippen molar-refractivity contribution in [2.75, 3.05) is 12.3 Å². The van der Waals surface area contributed by atoms with Crippen LogP contribution < -0.4 is 11.1 Å². The number of nitrogen functional groups attached to an aromatic ring is 1. The summed E-state index contributed by atoms with van der Waals surface area (Å²) < 4.78 is 7.50. The summed E-state index contributed by atoms with van der Waals surface area (Å²) in [5, 5.41) is 3.01. The first-order valence-corrected chi connectivity index (χ1v) is 7.00. The lowest BCUT2D eigenvalue weighted by Crippen LogP contribution is -2.41. The number of hydrogen-bond acceptors (Lipinski definition) is 3. The highest BCUT2D eigenvalue weighted by atomic mass is 16.5. The molecule has 2 rings (SSSR count). The van der Waals surface area contributed by atoms with E-state index in [9.17, 15) is 4.79 Å². The van der Waals surface area contributed by atoms with Crippen molar-refractivity contribution < 1.29 is 9.53 Å². The molecule has 0 saturated carbocycles. The molecule has 1 fully saturated rings. The third-order valence-corrected chi connectivity index (χ3v) is 3.50. The SMILES string of the molecule is CCCn1cc(N)cc1C(=O)NC(C)C1CCCO1. The lowest BCUT2D eigenvalue weighted by Gasteiger charge is -2.20. The number of hydrogen-bond donors (Lipinski definition) is 2. The number of nitrogens with one attached hydrogen (secondary N) is 1. The van der Waals surface area contributed by atoms with Crippen molar-refractivity contribution in [1.82, 2.24) is 9.88 Å². The largest absolute Gasteiger partial charge is 0.397 e. The van der Waals surface area contributed by atoms with Crippen LogP contribution in [0.25, 0.3) is 0 Å². The Morgan fingerprint density at radius 3 is 3.11 bits per heavy atom. The molecule has 5 heteroatoms. The molecule has 106 valence electrons. The van der Waals surface area contributed by atoms with Crippen LogP contribution in [0, 0.1) is 0 Å². The van der Waals surface area contributed by atoms with E-state index in [0.29, 0.717) is 11.4 Å². The standard InChI is InChI=1S/C14H23N3O2/c1-3-6-17-9-11(15)8-12(17)14(18)16-10(2)13-5-4-7-19-13/h8-10,13H,3-7,15H2,1-2H3,(H,16,18). The second-order valence-electron chi connectivity index (χ2n) is 5.17. The van der Waals surface area contributed by atoms with Gasteiger partial charge in [0, 0.05) is 19.3 Å². The zero-order valence-corrected chi connectivity index (χ0v) is 11.7. The van der Waals surface area contributed by atoms with Crippen molar-refractivity contribution in [3.63, 3.8) is 0 Å². The molecular weight excluding hydrogens is 242 g/mol. The molecule has 1 aromatic rings. The van der Waals surface area contributed by atoms with Crippen LogP contribution in [0.2, 0.25) is 0 Å². The summed E-state index contributed by atoms with van der Waals surface area (Å²) in [5.41, 5.74) is 7.03. The fourth-order valence-corrected chi connectivity index (χ4v) is 2.52. The van der Waals surface area contributed by atoms with Crippen LogP contribution in [-0.2, 0) is 11.3 Å². The zero-order valence-electron chi connectivity index (χ0n) is 11.7. The van der Waals surface area contributed by atoms with Crippen LogP contribution in [-0.4, -0.2) is 29.2 Å². The number of nitrogens with two attached hydrogens (primary N) is 1. The first kappa shape index (κ1) is 13.9. The first-order chi connectivity index (χ1) is 9.11. The Hall–Kier alpha value is -1.49. The molecule has 3 N–H and O–H groups in total. The van der Waals surface area contributed by atoms with Gasteiger partial charge in [0.05, 0.1) is 17.8 Å². The van der Waals surface area contributed by atoms with E-state index in [1.165, 1.54) is 0 Å². The lowest BCUT2D eigenvalue weighted by atomic mass is 10.1. The summed E-state index contributed by atoms with van der Waals surface area (Å²) in [6, 6.07) is 1.76. The molecule has 1 aliphatic heterocycles. The molecule has 0 bridgehead atoms. The third-order valence-electron chi connectivity index (χ3n) is 3.50. The van der Waals surface area contributed by atoms with Crippen LogP contribution in [0.1, 0.15) is 43.6 Å². The Morgan fingerprint density at radius 2 is 2.47 bits per heavy atom.